The molecule has 164 valence electrons. The van der Waals surface area contributed by atoms with Crippen LogP contribution in [0.15, 0.2) is 23.5 Å². The number of likely N-dealkylation sites (N-methyl/N-ethyl adjacent to an activating group) is 1. The van der Waals surface area contributed by atoms with Gasteiger partial charge in [0.2, 0.25) is 0 Å². The molecule has 3 atom stereocenters. The molecule has 1 aliphatic heterocycles. The van der Waals surface area contributed by atoms with Crippen LogP contribution in [0.25, 0.3) is 0 Å². The van der Waals surface area contributed by atoms with Crippen molar-refractivity contribution in [3.8, 4) is 0 Å². The molecule has 2 aliphatic rings. The average molecular weight is 431 g/mol. The molecule has 1 fully saturated rings. The van der Waals surface area contributed by atoms with E-state index in [2.05, 4.69) is 20.3 Å². The fourth-order valence-corrected chi connectivity index (χ4v) is 4.02. The zero-order valence-electron chi connectivity index (χ0n) is 17.1. The topological polar surface area (TPSA) is 111 Å². The number of carbonyl (C=O) groups excluding carboxylic acids is 1. The van der Waals surface area contributed by atoms with Crippen LogP contribution in [0.1, 0.15) is 35.2 Å². The van der Waals surface area contributed by atoms with Gasteiger partial charge in [-0.05, 0) is 37.5 Å². The molecule has 31 heavy (non-hydrogen) atoms. The standard InChI is InChI=1S/C21H23F2N5O3/c1-10-5-12(22)6-11(17(10)23)8-28(2)21(31)18-16-14(7-24-18)25-9-26-20(16)27-13-3-4-15(29)19(13)30/h5-6,9,13,15,19,29-30H,3-4,7-8H2,1-2H3,(H,25,26,27)/t13-,15-,19+/m1/s1. The number of aryl methyl sites for hydroxylation is 1. The highest BCUT2D eigenvalue weighted by Crippen LogP contribution is 2.29. The molecule has 4 rings (SSSR count). The summed E-state index contributed by atoms with van der Waals surface area (Å²) in [6.45, 7) is 1.51. The van der Waals surface area contributed by atoms with Crippen LogP contribution in [-0.4, -0.2) is 62.0 Å². The number of aliphatic hydroxyl groups excluding tert-OH is 2. The lowest BCUT2D eigenvalue weighted by Crippen LogP contribution is -2.36. The highest BCUT2D eigenvalue weighted by molar-refractivity contribution is 6.47. The number of carbonyl (C=O) groups is 1. The highest BCUT2D eigenvalue weighted by atomic mass is 19.1. The quantitative estimate of drug-likeness (QED) is 0.659. The van der Waals surface area contributed by atoms with Crippen LogP contribution in [0.5, 0.6) is 0 Å². The van der Waals surface area contributed by atoms with Crippen LogP contribution in [0.3, 0.4) is 0 Å². The molecule has 2 aromatic rings. The van der Waals surface area contributed by atoms with Crippen LogP contribution in [-0.2, 0) is 17.9 Å². The first-order chi connectivity index (χ1) is 14.8. The Hall–Kier alpha value is -2.98. The van der Waals surface area contributed by atoms with E-state index in [0.717, 1.165) is 12.1 Å². The zero-order chi connectivity index (χ0) is 22.3. The van der Waals surface area contributed by atoms with Crippen LogP contribution >= 0.6 is 0 Å². The Labute approximate surface area is 177 Å². The maximum absolute atomic E-state index is 14.4. The van der Waals surface area contributed by atoms with E-state index < -0.39 is 35.8 Å². The Morgan fingerprint density at radius 2 is 2.03 bits per heavy atom. The van der Waals surface area contributed by atoms with Gasteiger partial charge in [0.05, 0.1) is 36.1 Å². The van der Waals surface area contributed by atoms with E-state index in [1.165, 1.54) is 25.2 Å². The minimum absolute atomic E-state index is 0.0675. The number of nitrogens with zero attached hydrogens (tertiary/aromatic N) is 4. The first-order valence-electron chi connectivity index (χ1n) is 9.97. The number of aliphatic hydroxyl groups is 2. The molecule has 1 aromatic heterocycles. The summed E-state index contributed by atoms with van der Waals surface area (Å²) in [5, 5.41) is 23.0. The Morgan fingerprint density at radius 3 is 2.74 bits per heavy atom. The molecule has 8 nitrogen and oxygen atoms in total. The number of aliphatic imine (C=N–C) groups is 1. The van der Waals surface area contributed by atoms with E-state index in [9.17, 15) is 23.8 Å². The van der Waals surface area contributed by atoms with Gasteiger partial charge in [-0.15, -0.1) is 0 Å². The molecule has 2 heterocycles. The van der Waals surface area contributed by atoms with Crippen molar-refractivity contribution in [1.82, 2.24) is 14.9 Å². The van der Waals surface area contributed by atoms with E-state index in [-0.39, 0.29) is 29.9 Å². The molecule has 10 heteroatoms. The number of benzene rings is 1. The third kappa shape index (κ3) is 4.00. The predicted molar refractivity (Wildman–Crippen MR) is 109 cm³/mol. The average Bonchev–Trinajstić information content (AvgIpc) is 3.30. The van der Waals surface area contributed by atoms with Crippen molar-refractivity contribution in [2.75, 3.05) is 12.4 Å². The number of hydrogen-bond donors (Lipinski definition) is 3. The largest absolute Gasteiger partial charge is 0.390 e. The lowest BCUT2D eigenvalue weighted by atomic mass is 10.1. The molecule has 0 unspecified atom stereocenters. The number of aromatic nitrogens is 2. The Balaban J connectivity index is 1.57. The minimum Gasteiger partial charge on any atom is -0.390 e. The van der Waals surface area contributed by atoms with Gasteiger partial charge in [-0.3, -0.25) is 9.79 Å². The van der Waals surface area contributed by atoms with Crippen molar-refractivity contribution in [1.29, 1.82) is 0 Å². The first kappa shape index (κ1) is 21.3. The summed E-state index contributed by atoms with van der Waals surface area (Å²) in [7, 11) is 1.48. The van der Waals surface area contributed by atoms with Crippen LogP contribution in [0, 0.1) is 18.6 Å². The van der Waals surface area contributed by atoms with Crippen molar-refractivity contribution in [3.63, 3.8) is 0 Å². The lowest BCUT2D eigenvalue weighted by Gasteiger charge is -2.22. The molecule has 1 aromatic carbocycles. The predicted octanol–water partition coefficient (Wildman–Crippen LogP) is 1.32. The van der Waals surface area contributed by atoms with Gasteiger partial charge in [0.1, 0.15) is 29.5 Å². The second kappa shape index (κ2) is 8.27. The third-order valence-corrected chi connectivity index (χ3v) is 5.70. The SMILES string of the molecule is Cc1cc(F)cc(CN(C)C(=O)C2=NCc3ncnc(N[C@@H]4CC[C@@H](O)[C@H]4O)c32)c1F. The maximum atomic E-state index is 14.4. The summed E-state index contributed by atoms with van der Waals surface area (Å²) in [6, 6.07) is 1.74. The van der Waals surface area contributed by atoms with Crippen molar-refractivity contribution in [2.45, 2.75) is 51.1 Å². The Bertz CT molecular complexity index is 1060. The number of fused-ring (bicyclic) bond motifs is 1. The van der Waals surface area contributed by atoms with Gasteiger partial charge in [-0.25, -0.2) is 18.7 Å². The fraction of sp³-hybridized carbons (Fsp3) is 0.429. The fourth-order valence-electron chi connectivity index (χ4n) is 4.02. The van der Waals surface area contributed by atoms with Crippen LogP contribution in [0.4, 0.5) is 14.6 Å². The van der Waals surface area contributed by atoms with Gasteiger partial charge in [0.25, 0.3) is 5.91 Å². The molecule has 0 saturated heterocycles. The third-order valence-electron chi connectivity index (χ3n) is 5.70. The lowest BCUT2D eigenvalue weighted by molar-refractivity contribution is -0.123. The normalized spacial score (nSPS) is 22.3. The van der Waals surface area contributed by atoms with Gasteiger partial charge in [-0.2, -0.15) is 0 Å². The summed E-state index contributed by atoms with van der Waals surface area (Å²) >= 11 is 0. The molecule has 0 radical (unpaired) electrons. The number of nitrogens with one attached hydrogen (secondary N) is 1. The molecule has 1 aliphatic carbocycles. The molecule has 1 saturated carbocycles. The smallest absolute Gasteiger partial charge is 0.272 e. The van der Waals surface area contributed by atoms with Gasteiger partial charge >= 0.3 is 0 Å². The van der Waals surface area contributed by atoms with E-state index >= 15 is 0 Å². The number of hydrogen-bond acceptors (Lipinski definition) is 7. The van der Waals surface area contributed by atoms with Crippen molar-refractivity contribution < 1.29 is 23.8 Å². The molecule has 3 N–H and O–H groups in total. The van der Waals surface area contributed by atoms with Crippen LogP contribution in [0.2, 0.25) is 0 Å². The summed E-state index contributed by atoms with van der Waals surface area (Å²) < 4.78 is 28.1. The molecule has 1 amide bonds. The minimum atomic E-state index is -0.954. The molecule has 0 spiro atoms. The summed E-state index contributed by atoms with van der Waals surface area (Å²) in [5.41, 5.74) is 1.32. The molecular formula is C21H23F2N5O3. The van der Waals surface area contributed by atoms with Crippen molar-refractivity contribution >= 4 is 17.4 Å². The van der Waals surface area contributed by atoms with Gasteiger partial charge < -0.3 is 20.4 Å². The number of amides is 1. The number of rotatable bonds is 5. The van der Waals surface area contributed by atoms with E-state index in [1.54, 1.807) is 0 Å². The van der Waals surface area contributed by atoms with E-state index in [4.69, 9.17) is 0 Å². The van der Waals surface area contributed by atoms with Gasteiger partial charge in [-0.1, -0.05) is 0 Å². The zero-order valence-corrected chi connectivity index (χ0v) is 17.1. The summed E-state index contributed by atoms with van der Waals surface area (Å²) in [5.74, 6) is -1.27. The summed E-state index contributed by atoms with van der Waals surface area (Å²) in [6.07, 6.45) is 0.562. The monoisotopic (exact) mass is 431 g/mol. The second-order valence-electron chi connectivity index (χ2n) is 7.95. The van der Waals surface area contributed by atoms with E-state index in [0.29, 0.717) is 29.9 Å². The molecule has 0 bridgehead atoms. The van der Waals surface area contributed by atoms with Crippen molar-refractivity contribution in [3.05, 3.63) is 52.5 Å². The second-order valence-corrected chi connectivity index (χ2v) is 7.95. The Kier molecular flexibility index (Phi) is 5.67. The highest BCUT2D eigenvalue weighted by Gasteiger charge is 2.36. The van der Waals surface area contributed by atoms with Crippen molar-refractivity contribution in [2.24, 2.45) is 4.99 Å². The maximum Gasteiger partial charge on any atom is 0.272 e. The number of anilines is 1. The summed E-state index contributed by atoms with van der Waals surface area (Å²) in [4.78, 5) is 27.1. The van der Waals surface area contributed by atoms with Gasteiger partial charge in [0.15, 0.2) is 0 Å². The van der Waals surface area contributed by atoms with Crippen LogP contribution < -0.4 is 5.32 Å². The van der Waals surface area contributed by atoms with E-state index in [1.807, 2.05) is 0 Å². The number of halogens is 2. The molecular weight excluding hydrogens is 408 g/mol. The first-order valence-corrected chi connectivity index (χ1v) is 9.97. The van der Waals surface area contributed by atoms with Gasteiger partial charge in [0, 0.05) is 19.2 Å². The Morgan fingerprint density at radius 1 is 1.26 bits per heavy atom.